The maximum atomic E-state index is 8.77. The van der Waals surface area contributed by atoms with Crippen LogP contribution in [0.3, 0.4) is 0 Å². The van der Waals surface area contributed by atoms with Gasteiger partial charge in [-0.3, -0.25) is 0 Å². The number of nitrogens with one attached hydrogen (secondary N) is 1. The second-order valence-corrected chi connectivity index (χ2v) is 5.42. The Kier molecular flexibility index (Phi) is 4.38. The molecule has 1 aromatic heterocycles. The summed E-state index contributed by atoms with van der Waals surface area (Å²) in [4.78, 5) is 1.31. The Bertz CT molecular complexity index is 558. The van der Waals surface area contributed by atoms with Crippen molar-refractivity contribution in [2.75, 3.05) is 0 Å². The molecule has 2 nitrogen and oxygen atoms in total. The van der Waals surface area contributed by atoms with Gasteiger partial charge in [0, 0.05) is 22.5 Å². The van der Waals surface area contributed by atoms with Crippen LogP contribution in [-0.4, -0.2) is 0 Å². The second kappa shape index (κ2) is 6.01. The molecule has 0 spiro atoms. The molecule has 2 aromatic rings. The lowest BCUT2D eigenvalue weighted by molar-refractivity contribution is 0.583. The van der Waals surface area contributed by atoms with Crippen LogP contribution in [0, 0.1) is 11.3 Å². The summed E-state index contributed by atoms with van der Waals surface area (Å²) in [6, 6.07) is 11.9. The van der Waals surface area contributed by atoms with Gasteiger partial charge in [-0.1, -0.05) is 23.7 Å². The van der Waals surface area contributed by atoms with Gasteiger partial charge in [0.1, 0.15) is 0 Å². The van der Waals surface area contributed by atoms with Crippen molar-refractivity contribution in [1.82, 2.24) is 5.32 Å². The van der Waals surface area contributed by atoms with Crippen LogP contribution in [0.2, 0.25) is 5.02 Å². The zero-order valence-electron chi connectivity index (χ0n) is 9.98. The SMILES string of the molecule is CC(NCc1ccc(C#N)cc1Cl)c1cccs1. The van der Waals surface area contributed by atoms with E-state index < -0.39 is 0 Å². The van der Waals surface area contributed by atoms with Gasteiger partial charge in [-0.05, 0) is 36.1 Å². The molecule has 0 aliphatic rings. The number of halogens is 1. The number of hydrogen-bond acceptors (Lipinski definition) is 3. The minimum atomic E-state index is 0.303. The van der Waals surface area contributed by atoms with Gasteiger partial charge in [-0.25, -0.2) is 0 Å². The first-order valence-electron chi connectivity index (χ1n) is 5.66. The maximum absolute atomic E-state index is 8.77. The average molecular weight is 277 g/mol. The fraction of sp³-hybridized carbons (Fsp3) is 0.214. The predicted octanol–water partition coefficient (Wildman–Crippen LogP) is 4.12. The zero-order valence-corrected chi connectivity index (χ0v) is 11.6. The fourth-order valence-electron chi connectivity index (χ4n) is 1.66. The molecule has 0 amide bonds. The van der Waals surface area contributed by atoms with Gasteiger partial charge in [-0.15, -0.1) is 11.3 Å². The van der Waals surface area contributed by atoms with E-state index in [2.05, 4.69) is 29.8 Å². The summed E-state index contributed by atoms with van der Waals surface area (Å²) in [6.07, 6.45) is 0. The number of nitrogens with zero attached hydrogens (tertiary/aromatic N) is 1. The van der Waals surface area contributed by atoms with Crippen molar-refractivity contribution in [3.05, 3.63) is 56.7 Å². The van der Waals surface area contributed by atoms with Gasteiger partial charge in [0.05, 0.1) is 11.6 Å². The Labute approximate surface area is 116 Å². The van der Waals surface area contributed by atoms with Crippen molar-refractivity contribution in [2.45, 2.75) is 19.5 Å². The summed E-state index contributed by atoms with van der Waals surface area (Å²) in [5.74, 6) is 0. The summed E-state index contributed by atoms with van der Waals surface area (Å²) < 4.78 is 0. The van der Waals surface area contributed by atoms with E-state index in [1.165, 1.54) is 4.88 Å². The first-order chi connectivity index (χ1) is 8.70. The third-order valence-electron chi connectivity index (χ3n) is 2.75. The molecular formula is C14H13ClN2S. The van der Waals surface area contributed by atoms with Crippen molar-refractivity contribution >= 4 is 22.9 Å². The highest BCUT2D eigenvalue weighted by atomic mass is 35.5. The molecule has 0 radical (unpaired) electrons. The molecule has 1 atom stereocenters. The summed E-state index contributed by atoms with van der Waals surface area (Å²) in [5, 5.41) is 14.9. The Balaban J connectivity index is 2.00. The summed E-state index contributed by atoms with van der Waals surface area (Å²) in [5.41, 5.74) is 1.61. The maximum Gasteiger partial charge on any atom is 0.0992 e. The summed E-state index contributed by atoms with van der Waals surface area (Å²) in [7, 11) is 0. The van der Waals surface area contributed by atoms with Crippen LogP contribution >= 0.6 is 22.9 Å². The van der Waals surface area contributed by atoms with E-state index in [9.17, 15) is 0 Å². The Hall–Kier alpha value is -1.34. The van der Waals surface area contributed by atoms with Gasteiger partial charge >= 0.3 is 0 Å². The van der Waals surface area contributed by atoms with Crippen LogP contribution in [0.15, 0.2) is 35.7 Å². The molecule has 92 valence electrons. The van der Waals surface area contributed by atoms with Crippen LogP contribution in [0.4, 0.5) is 0 Å². The highest BCUT2D eigenvalue weighted by Crippen LogP contribution is 2.21. The highest BCUT2D eigenvalue weighted by molar-refractivity contribution is 7.10. The van der Waals surface area contributed by atoms with Crippen LogP contribution in [0.5, 0.6) is 0 Å². The number of nitriles is 1. The van der Waals surface area contributed by atoms with Crippen molar-refractivity contribution < 1.29 is 0 Å². The number of benzene rings is 1. The molecule has 0 fully saturated rings. The van der Waals surface area contributed by atoms with Gasteiger partial charge < -0.3 is 5.32 Å². The van der Waals surface area contributed by atoms with Gasteiger partial charge in [0.15, 0.2) is 0 Å². The highest BCUT2D eigenvalue weighted by Gasteiger charge is 2.07. The van der Waals surface area contributed by atoms with E-state index in [1.807, 2.05) is 12.1 Å². The molecule has 1 N–H and O–H groups in total. The lowest BCUT2D eigenvalue weighted by Crippen LogP contribution is -2.17. The third kappa shape index (κ3) is 3.11. The fourth-order valence-corrected chi connectivity index (χ4v) is 2.67. The van der Waals surface area contributed by atoms with Crippen molar-refractivity contribution in [3.8, 4) is 6.07 Å². The Morgan fingerprint density at radius 2 is 2.28 bits per heavy atom. The molecule has 0 saturated carbocycles. The van der Waals surface area contributed by atoms with Gasteiger partial charge in [0.25, 0.3) is 0 Å². The molecule has 1 unspecified atom stereocenters. The molecule has 0 aliphatic heterocycles. The smallest absolute Gasteiger partial charge is 0.0992 e. The first kappa shape index (κ1) is 13.1. The molecule has 2 rings (SSSR count). The van der Waals surface area contributed by atoms with E-state index in [-0.39, 0.29) is 0 Å². The standard InChI is InChI=1S/C14H13ClN2S/c1-10(14-3-2-6-18-14)17-9-12-5-4-11(8-16)7-13(12)15/h2-7,10,17H,9H2,1H3. The number of rotatable bonds is 4. The molecule has 4 heteroatoms. The summed E-state index contributed by atoms with van der Waals surface area (Å²) in [6.45, 7) is 2.83. The van der Waals surface area contributed by atoms with Crippen molar-refractivity contribution in [1.29, 1.82) is 5.26 Å². The first-order valence-corrected chi connectivity index (χ1v) is 6.92. The second-order valence-electron chi connectivity index (χ2n) is 4.04. The lowest BCUT2D eigenvalue weighted by atomic mass is 10.1. The van der Waals surface area contributed by atoms with Crippen LogP contribution in [0.1, 0.15) is 29.0 Å². The van der Waals surface area contributed by atoms with Crippen LogP contribution in [-0.2, 0) is 6.54 Å². The Morgan fingerprint density at radius 1 is 1.44 bits per heavy atom. The number of thiophene rings is 1. The molecular weight excluding hydrogens is 264 g/mol. The minimum Gasteiger partial charge on any atom is -0.305 e. The molecule has 1 heterocycles. The quantitative estimate of drug-likeness (QED) is 0.912. The van der Waals surface area contributed by atoms with Crippen LogP contribution in [0.25, 0.3) is 0 Å². The number of hydrogen-bond donors (Lipinski definition) is 1. The largest absolute Gasteiger partial charge is 0.305 e. The summed E-state index contributed by atoms with van der Waals surface area (Å²) >= 11 is 7.87. The zero-order chi connectivity index (χ0) is 13.0. The van der Waals surface area contributed by atoms with E-state index in [1.54, 1.807) is 23.5 Å². The van der Waals surface area contributed by atoms with Gasteiger partial charge in [-0.2, -0.15) is 5.26 Å². The normalized spacial score (nSPS) is 12.1. The molecule has 0 bridgehead atoms. The Morgan fingerprint density at radius 3 is 2.89 bits per heavy atom. The van der Waals surface area contributed by atoms with Crippen molar-refractivity contribution in [2.24, 2.45) is 0 Å². The molecule has 1 aromatic carbocycles. The van der Waals surface area contributed by atoms with E-state index in [0.29, 0.717) is 23.2 Å². The van der Waals surface area contributed by atoms with E-state index >= 15 is 0 Å². The predicted molar refractivity (Wildman–Crippen MR) is 75.7 cm³/mol. The molecule has 0 aliphatic carbocycles. The third-order valence-corrected chi connectivity index (χ3v) is 4.16. The molecule has 0 saturated heterocycles. The topological polar surface area (TPSA) is 35.8 Å². The lowest BCUT2D eigenvalue weighted by Gasteiger charge is -2.13. The van der Waals surface area contributed by atoms with Crippen molar-refractivity contribution in [3.63, 3.8) is 0 Å². The van der Waals surface area contributed by atoms with E-state index in [4.69, 9.17) is 16.9 Å². The van der Waals surface area contributed by atoms with E-state index in [0.717, 1.165) is 5.56 Å². The monoisotopic (exact) mass is 276 g/mol. The average Bonchev–Trinajstić information content (AvgIpc) is 2.90. The minimum absolute atomic E-state index is 0.303. The van der Waals surface area contributed by atoms with Crippen LogP contribution < -0.4 is 5.32 Å². The van der Waals surface area contributed by atoms with Gasteiger partial charge in [0.2, 0.25) is 0 Å². The molecule has 18 heavy (non-hydrogen) atoms.